The lowest BCUT2D eigenvalue weighted by Crippen LogP contribution is -2.40. The zero-order chi connectivity index (χ0) is 24.8. The number of amides is 2. The standard InChI is InChI=1S/C29H23NO5/c1-2-35-29(34)30(24-19-11-17-20-12-9-10-18-23(20)24)28(33)25(26(31)21-13-5-3-6-14-21)27(32)22-15-7-4-8-16-22/h3-19,31H,2H2,1H3/b26-25-. The Kier molecular flexibility index (Phi) is 7.02. The number of hydrogen-bond donors (Lipinski definition) is 1. The van der Waals surface area contributed by atoms with Gasteiger partial charge in [0, 0.05) is 16.5 Å². The minimum atomic E-state index is -0.991. The third-order valence-corrected chi connectivity index (χ3v) is 5.42. The van der Waals surface area contributed by atoms with Gasteiger partial charge in [-0.05, 0) is 18.4 Å². The first kappa shape index (κ1) is 23.4. The molecule has 0 aliphatic heterocycles. The number of nitrogens with zero attached hydrogens (tertiary/aromatic N) is 1. The highest BCUT2D eigenvalue weighted by atomic mass is 16.6. The number of benzene rings is 4. The monoisotopic (exact) mass is 465 g/mol. The van der Waals surface area contributed by atoms with Gasteiger partial charge in [-0.15, -0.1) is 0 Å². The summed E-state index contributed by atoms with van der Waals surface area (Å²) in [4.78, 5) is 41.5. The van der Waals surface area contributed by atoms with Crippen LogP contribution in [0.2, 0.25) is 0 Å². The summed E-state index contributed by atoms with van der Waals surface area (Å²) in [7, 11) is 0. The molecule has 0 fully saturated rings. The minimum Gasteiger partial charge on any atom is -0.506 e. The number of rotatable bonds is 6. The van der Waals surface area contributed by atoms with E-state index >= 15 is 0 Å². The molecule has 4 aromatic carbocycles. The number of carbonyl (C=O) groups excluding carboxylic acids is 3. The number of aliphatic hydroxyl groups is 1. The molecule has 35 heavy (non-hydrogen) atoms. The zero-order valence-corrected chi connectivity index (χ0v) is 19.0. The summed E-state index contributed by atoms with van der Waals surface area (Å²) in [5.74, 6) is -2.24. The van der Waals surface area contributed by atoms with Crippen molar-refractivity contribution in [2.45, 2.75) is 6.92 Å². The molecule has 0 spiro atoms. The fourth-order valence-electron chi connectivity index (χ4n) is 3.77. The average molecular weight is 466 g/mol. The maximum atomic E-state index is 14.0. The van der Waals surface area contributed by atoms with E-state index in [0.717, 1.165) is 10.3 Å². The first-order chi connectivity index (χ1) is 17.0. The van der Waals surface area contributed by atoms with E-state index in [1.807, 2.05) is 18.2 Å². The summed E-state index contributed by atoms with van der Waals surface area (Å²) in [5.41, 5.74) is 0.163. The van der Waals surface area contributed by atoms with E-state index in [1.54, 1.807) is 91.9 Å². The molecule has 0 saturated heterocycles. The maximum Gasteiger partial charge on any atom is 0.421 e. The molecule has 0 saturated carbocycles. The Morgan fingerprint density at radius 1 is 0.743 bits per heavy atom. The number of anilines is 1. The number of carbonyl (C=O) groups is 3. The van der Waals surface area contributed by atoms with Gasteiger partial charge < -0.3 is 9.84 Å². The maximum absolute atomic E-state index is 14.0. The Balaban J connectivity index is 1.94. The van der Waals surface area contributed by atoms with Crippen LogP contribution in [0.3, 0.4) is 0 Å². The van der Waals surface area contributed by atoms with Crippen LogP contribution in [0, 0.1) is 0 Å². The smallest absolute Gasteiger partial charge is 0.421 e. The highest BCUT2D eigenvalue weighted by Gasteiger charge is 2.35. The number of hydrogen-bond acceptors (Lipinski definition) is 5. The summed E-state index contributed by atoms with van der Waals surface area (Å²) in [6.45, 7) is 1.64. The lowest BCUT2D eigenvalue weighted by molar-refractivity contribution is -0.114. The summed E-state index contributed by atoms with van der Waals surface area (Å²) < 4.78 is 5.20. The van der Waals surface area contributed by atoms with E-state index in [2.05, 4.69) is 0 Å². The molecule has 174 valence electrons. The quantitative estimate of drug-likeness (QED) is 0.121. The van der Waals surface area contributed by atoms with Gasteiger partial charge >= 0.3 is 6.09 Å². The van der Waals surface area contributed by atoms with Crippen LogP contribution in [-0.4, -0.2) is 29.5 Å². The second-order valence-corrected chi connectivity index (χ2v) is 7.62. The predicted molar refractivity (Wildman–Crippen MR) is 135 cm³/mol. The molecule has 0 radical (unpaired) electrons. The van der Waals surface area contributed by atoms with Crippen LogP contribution in [0.5, 0.6) is 0 Å². The number of Topliss-reactive ketones (excluding diaryl/α,β-unsaturated/α-hetero) is 1. The van der Waals surface area contributed by atoms with Crippen molar-refractivity contribution in [3.63, 3.8) is 0 Å². The van der Waals surface area contributed by atoms with Gasteiger partial charge in [-0.2, -0.15) is 0 Å². The SMILES string of the molecule is CCOC(=O)N(C(=O)/C(C(=O)c1ccccc1)=C(\O)c1ccccc1)c1cccc2ccccc12. The molecule has 0 unspecified atom stereocenters. The molecule has 0 bridgehead atoms. The van der Waals surface area contributed by atoms with Crippen LogP contribution in [0.1, 0.15) is 22.8 Å². The van der Waals surface area contributed by atoms with Crippen molar-refractivity contribution in [1.82, 2.24) is 0 Å². The van der Waals surface area contributed by atoms with E-state index in [4.69, 9.17) is 4.74 Å². The molecule has 0 aliphatic carbocycles. The first-order valence-corrected chi connectivity index (χ1v) is 11.1. The Labute approximate surface area is 202 Å². The van der Waals surface area contributed by atoms with E-state index in [-0.39, 0.29) is 23.4 Å². The number of ketones is 1. The normalized spacial score (nSPS) is 11.5. The molecular weight excluding hydrogens is 442 g/mol. The van der Waals surface area contributed by atoms with Gasteiger partial charge in [-0.3, -0.25) is 9.59 Å². The average Bonchev–Trinajstić information content (AvgIpc) is 2.90. The number of aliphatic hydroxyl groups excluding tert-OH is 1. The Morgan fingerprint density at radius 2 is 1.31 bits per heavy atom. The van der Waals surface area contributed by atoms with Gasteiger partial charge in [0.15, 0.2) is 0 Å². The summed E-state index contributed by atoms with van der Waals surface area (Å²) in [5, 5.41) is 12.6. The van der Waals surface area contributed by atoms with Crippen LogP contribution in [0.25, 0.3) is 16.5 Å². The Hall–Kier alpha value is -4.71. The van der Waals surface area contributed by atoms with Crippen molar-refractivity contribution < 1.29 is 24.2 Å². The van der Waals surface area contributed by atoms with Crippen LogP contribution < -0.4 is 4.90 Å². The largest absolute Gasteiger partial charge is 0.506 e. The molecule has 0 atom stereocenters. The van der Waals surface area contributed by atoms with Crippen molar-refractivity contribution in [1.29, 1.82) is 0 Å². The van der Waals surface area contributed by atoms with Gasteiger partial charge in [0.25, 0.3) is 5.91 Å². The highest BCUT2D eigenvalue weighted by molar-refractivity contribution is 6.37. The third-order valence-electron chi connectivity index (χ3n) is 5.42. The van der Waals surface area contributed by atoms with Gasteiger partial charge in [0.1, 0.15) is 11.3 Å². The highest BCUT2D eigenvalue weighted by Crippen LogP contribution is 2.30. The van der Waals surface area contributed by atoms with E-state index in [9.17, 15) is 19.5 Å². The van der Waals surface area contributed by atoms with E-state index < -0.39 is 29.1 Å². The molecule has 0 aromatic heterocycles. The molecule has 4 aromatic rings. The van der Waals surface area contributed by atoms with Gasteiger partial charge in [0.05, 0.1) is 12.3 Å². The third kappa shape index (κ3) is 4.82. The van der Waals surface area contributed by atoms with Crippen molar-refractivity contribution in [2.24, 2.45) is 0 Å². The number of imide groups is 1. The van der Waals surface area contributed by atoms with Crippen molar-refractivity contribution >= 4 is 40.0 Å². The fraction of sp³-hybridized carbons (Fsp3) is 0.0690. The lowest BCUT2D eigenvalue weighted by atomic mass is 9.97. The number of ether oxygens (including phenoxy) is 1. The van der Waals surface area contributed by atoms with Crippen molar-refractivity contribution in [3.05, 3.63) is 120 Å². The van der Waals surface area contributed by atoms with Crippen LogP contribution in [-0.2, 0) is 9.53 Å². The zero-order valence-electron chi connectivity index (χ0n) is 19.0. The van der Waals surface area contributed by atoms with Crippen LogP contribution in [0.4, 0.5) is 10.5 Å². The van der Waals surface area contributed by atoms with Gasteiger partial charge in [0.2, 0.25) is 5.78 Å². The molecule has 0 heterocycles. The van der Waals surface area contributed by atoms with Crippen molar-refractivity contribution in [3.8, 4) is 0 Å². The van der Waals surface area contributed by atoms with E-state index in [0.29, 0.717) is 5.39 Å². The van der Waals surface area contributed by atoms with E-state index in [1.165, 1.54) is 0 Å². The molecule has 6 nitrogen and oxygen atoms in total. The second kappa shape index (κ2) is 10.5. The van der Waals surface area contributed by atoms with Crippen molar-refractivity contribution in [2.75, 3.05) is 11.5 Å². The summed E-state index contributed by atoms with van der Waals surface area (Å²) >= 11 is 0. The van der Waals surface area contributed by atoms with Crippen LogP contribution in [0.15, 0.2) is 109 Å². The summed E-state index contributed by atoms with van der Waals surface area (Å²) in [6, 6.07) is 28.8. The molecule has 2 amide bonds. The molecule has 4 rings (SSSR count). The molecule has 1 N–H and O–H groups in total. The summed E-state index contributed by atoms with van der Waals surface area (Å²) in [6.07, 6.45) is -0.951. The minimum absolute atomic E-state index is 0.0176. The topological polar surface area (TPSA) is 83.9 Å². The van der Waals surface area contributed by atoms with Gasteiger partial charge in [-0.25, -0.2) is 9.69 Å². The lowest BCUT2D eigenvalue weighted by Gasteiger charge is -2.23. The molecular formula is C29H23NO5. The second-order valence-electron chi connectivity index (χ2n) is 7.62. The molecule has 0 aliphatic rings. The van der Waals surface area contributed by atoms with Gasteiger partial charge in [-0.1, -0.05) is 97.1 Å². The van der Waals surface area contributed by atoms with Crippen LogP contribution >= 0.6 is 0 Å². The Bertz CT molecular complexity index is 1410. The molecule has 6 heteroatoms. The first-order valence-electron chi connectivity index (χ1n) is 11.1. The number of fused-ring (bicyclic) bond motifs is 1. The predicted octanol–water partition coefficient (Wildman–Crippen LogP) is 6.18. The Morgan fingerprint density at radius 3 is 1.97 bits per heavy atom. The fourth-order valence-corrected chi connectivity index (χ4v) is 3.77.